The number of rotatable bonds is 6. The van der Waals surface area contributed by atoms with Crippen molar-refractivity contribution < 1.29 is 29.0 Å². The summed E-state index contributed by atoms with van der Waals surface area (Å²) in [5.74, 6) is -1.71. The summed E-state index contributed by atoms with van der Waals surface area (Å²) in [6.07, 6.45) is 0. The Morgan fingerprint density at radius 2 is 1.57 bits per heavy atom. The maximum Gasteiger partial charge on any atom is 0.338 e. The van der Waals surface area contributed by atoms with Gasteiger partial charge >= 0.3 is 5.97 Å². The van der Waals surface area contributed by atoms with Gasteiger partial charge in [-0.1, -0.05) is 24.3 Å². The molecule has 1 amide bonds. The molecule has 3 aromatic rings. The van der Waals surface area contributed by atoms with Gasteiger partial charge in [0.05, 0.1) is 30.9 Å². The molecule has 35 heavy (non-hydrogen) atoms. The lowest BCUT2D eigenvalue weighted by Gasteiger charge is -2.26. The van der Waals surface area contributed by atoms with Crippen LogP contribution in [0.1, 0.15) is 40.0 Å². The van der Waals surface area contributed by atoms with Crippen molar-refractivity contribution >= 4 is 29.1 Å². The first-order valence-electron chi connectivity index (χ1n) is 11.2. The van der Waals surface area contributed by atoms with Gasteiger partial charge < -0.3 is 14.6 Å². The number of Topliss-reactive ketones (excluding diaryl/α,β-unsaturated/α-hetero) is 1. The van der Waals surface area contributed by atoms with E-state index in [1.54, 1.807) is 55.5 Å². The number of nitrogens with zero attached hydrogens (tertiary/aromatic N) is 1. The number of benzene rings is 3. The second-order valence-electron chi connectivity index (χ2n) is 8.02. The van der Waals surface area contributed by atoms with Crippen LogP contribution in [0.15, 0.2) is 78.4 Å². The summed E-state index contributed by atoms with van der Waals surface area (Å²) in [5.41, 5.74) is 2.69. The predicted molar refractivity (Wildman–Crippen MR) is 131 cm³/mol. The number of anilines is 1. The number of carbonyl (C=O) groups is 3. The number of ketones is 1. The maximum absolute atomic E-state index is 13.3. The number of aryl methyl sites for hydroxylation is 1. The fourth-order valence-corrected chi connectivity index (χ4v) is 4.16. The Bertz CT molecular complexity index is 1310. The topological polar surface area (TPSA) is 93.1 Å². The van der Waals surface area contributed by atoms with Crippen LogP contribution >= 0.6 is 0 Å². The Kier molecular flexibility index (Phi) is 6.68. The average molecular weight is 472 g/mol. The number of carbonyl (C=O) groups excluding carboxylic acids is 3. The van der Waals surface area contributed by atoms with Crippen molar-refractivity contribution in [1.29, 1.82) is 0 Å². The SMILES string of the molecule is CCOC(=O)c1ccc(N2C(=O)C(=O)/C(=C(/O)c3ccc(OC)cc3)C2c2ccccc2C)cc1. The van der Waals surface area contributed by atoms with Gasteiger partial charge in [0.2, 0.25) is 0 Å². The molecule has 7 nitrogen and oxygen atoms in total. The molecule has 0 bridgehead atoms. The molecule has 0 aliphatic carbocycles. The lowest BCUT2D eigenvalue weighted by molar-refractivity contribution is -0.132. The van der Waals surface area contributed by atoms with E-state index < -0.39 is 23.7 Å². The van der Waals surface area contributed by atoms with Gasteiger partial charge in [-0.3, -0.25) is 14.5 Å². The second-order valence-corrected chi connectivity index (χ2v) is 8.02. The number of esters is 1. The van der Waals surface area contributed by atoms with Crippen LogP contribution in [0.5, 0.6) is 5.75 Å². The van der Waals surface area contributed by atoms with Crippen LogP contribution in [0.2, 0.25) is 0 Å². The molecule has 0 saturated carbocycles. The third-order valence-electron chi connectivity index (χ3n) is 5.95. The van der Waals surface area contributed by atoms with Crippen LogP contribution in [0.4, 0.5) is 5.69 Å². The summed E-state index contributed by atoms with van der Waals surface area (Å²) >= 11 is 0. The molecule has 1 atom stereocenters. The zero-order valence-electron chi connectivity index (χ0n) is 19.6. The van der Waals surface area contributed by atoms with E-state index in [9.17, 15) is 19.5 Å². The molecule has 0 aromatic heterocycles. The largest absolute Gasteiger partial charge is 0.507 e. The van der Waals surface area contributed by atoms with Crippen LogP contribution in [0.25, 0.3) is 5.76 Å². The number of amides is 1. The highest BCUT2D eigenvalue weighted by atomic mass is 16.5. The monoisotopic (exact) mass is 471 g/mol. The van der Waals surface area contributed by atoms with Crippen molar-refractivity contribution in [3.8, 4) is 5.75 Å². The van der Waals surface area contributed by atoms with E-state index in [0.717, 1.165) is 5.56 Å². The molecule has 1 N–H and O–H groups in total. The number of methoxy groups -OCH3 is 1. The molecule has 178 valence electrons. The summed E-state index contributed by atoms with van der Waals surface area (Å²) in [5, 5.41) is 11.2. The standard InChI is InChI=1S/C28H25NO6/c1-4-35-28(33)19-9-13-20(14-10-19)29-24(22-8-6-5-7-17(22)2)23(26(31)27(29)32)25(30)18-11-15-21(34-3)16-12-18/h5-16,24,30H,4H2,1-3H3/b25-23+. The van der Waals surface area contributed by atoms with E-state index in [-0.39, 0.29) is 17.9 Å². The molecule has 1 fully saturated rings. The zero-order chi connectivity index (χ0) is 25.1. The van der Waals surface area contributed by atoms with Crippen molar-refractivity contribution in [3.05, 3.63) is 101 Å². The first-order valence-corrected chi connectivity index (χ1v) is 11.2. The van der Waals surface area contributed by atoms with Gasteiger partial charge in [0.1, 0.15) is 11.5 Å². The lowest BCUT2D eigenvalue weighted by Crippen LogP contribution is -2.29. The third-order valence-corrected chi connectivity index (χ3v) is 5.95. The minimum atomic E-state index is -0.855. The highest BCUT2D eigenvalue weighted by Crippen LogP contribution is 2.43. The van der Waals surface area contributed by atoms with Crippen molar-refractivity contribution in [3.63, 3.8) is 0 Å². The van der Waals surface area contributed by atoms with E-state index >= 15 is 0 Å². The van der Waals surface area contributed by atoms with Crippen LogP contribution < -0.4 is 9.64 Å². The Morgan fingerprint density at radius 3 is 2.17 bits per heavy atom. The molecule has 7 heteroatoms. The molecule has 1 aliphatic rings. The number of aliphatic hydroxyl groups excluding tert-OH is 1. The van der Waals surface area contributed by atoms with Gasteiger partial charge in [-0.25, -0.2) is 4.79 Å². The molecule has 1 aliphatic heterocycles. The van der Waals surface area contributed by atoms with Gasteiger partial charge in [0, 0.05) is 11.3 Å². The first-order chi connectivity index (χ1) is 16.9. The molecule has 4 rings (SSSR count). The molecule has 1 heterocycles. The molecule has 3 aromatic carbocycles. The van der Waals surface area contributed by atoms with Crippen molar-refractivity contribution in [2.24, 2.45) is 0 Å². The fraction of sp³-hybridized carbons (Fsp3) is 0.179. The Balaban J connectivity index is 1.86. The number of ether oxygens (including phenoxy) is 2. The summed E-state index contributed by atoms with van der Waals surface area (Å²) in [6.45, 7) is 3.84. The van der Waals surface area contributed by atoms with Crippen LogP contribution in [0.3, 0.4) is 0 Å². The summed E-state index contributed by atoms with van der Waals surface area (Å²) in [6, 6.07) is 19.4. The van der Waals surface area contributed by atoms with Gasteiger partial charge in [0.15, 0.2) is 0 Å². The predicted octanol–water partition coefficient (Wildman–Crippen LogP) is 4.81. The molecular formula is C28H25NO6. The van der Waals surface area contributed by atoms with E-state index in [0.29, 0.717) is 28.1 Å². The lowest BCUT2D eigenvalue weighted by atomic mass is 9.92. The normalized spacial score (nSPS) is 16.9. The first kappa shape index (κ1) is 23.8. The minimum absolute atomic E-state index is 0.0102. The third kappa shape index (κ3) is 4.40. The smallest absolute Gasteiger partial charge is 0.338 e. The van der Waals surface area contributed by atoms with Crippen LogP contribution in [-0.4, -0.2) is 36.5 Å². The molecular weight excluding hydrogens is 446 g/mol. The van der Waals surface area contributed by atoms with E-state index in [1.165, 1.54) is 12.0 Å². The summed E-state index contributed by atoms with van der Waals surface area (Å²) in [4.78, 5) is 40.0. The van der Waals surface area contributed by atoms with Crippen molar-refractivity contribution in [2.75, 3.05) is 18.6 Å². The average Bonchev–Trinajstić information content (AvgIpc) is 3.14. The fourth-order valence-electron chi connectivity index (χ4n) is 4.16. The Hall–Kier alpha value is -4.39. The van der Waals surface area contributed by atoms with Crippen LogP contribution in [0, 0.1) is 6.92 Å². The summed E-state index contributed by atoms with van der Waals surface area (Å²) in [7, 11) is 1.53. The summed E-state index contributed by atoms with van der Waals surface area (Å²) < 4.78 is 10.2. The highest BCUT2D eigenvalue weighted by Gasteiger charge is 2.47. The number of aliphatic hydroxyl groups is 1. The van der Waals surface area contributed by atoms with E-state index in [1.807, 2.05) is 31.2 Å². The van der Waals surface area contributed by atoms with Crippen LogP contribution in [-0.2, 0) is 14.3 Å². The van der Waals surface area contributed by atoms with E-state index in [2.05, 4.69) is 0 Å². The molecule has 1 unspecified atom stereocenters. The zero-order valence-corrected chi connectivity index (χ0v) is 19.6. The Morgan fingerprint density at radius 1 is 0.943 bits per heavy atom. The minimum Gasteiger partial charge on any atom is -0.507 e. The maximum atomic E-state index is 13.3. The number of hydrogen-bond donors (Lipinski definition) is 1. The molecule has 0 radical (unpaired) electrons. The Labute approximate surface area is 203 Å². The quantitative estimate of drug-likeness (QED) is 0.240. The highest BCUT2D eigenvalue weighted by molar-refractivity contribution is 6.51. The van der Waals surface area contributed by atoms with Gasteiger partial charge in [0.25, 0.3) is 11.7 Å². The van der Waals surface area contributed by atoms with Crippen molar-refractivity contribution in [2.45, 2.75) is 19.9 Å². The molecule has 1 saturated heterocycles. The number of hydrogen-bond acceptors (Lipinski definition) is 6. The van der Waals surface area contributed by atoms with Gasteiger partial charge in [-0.2, -0.15) is 0 Å². The van der Waals surface area contributed by atoms with E-state index in [4.69, 9.17) is 9.47 Å². The second kappa shape index (κ2) is 9.85. The van der Waals surface area contributed by atoms with Gasteiger partial charge in [-0.05, 0) is 73.5 Å². The molecule has 0 spiro atoms. The van der Waals surface area contributed by atoms with Gasteiger partial charge in [-0.15, -0.1) is 0 Å². The van der Waals surface area contributed by atoms with Crippen molar-refractivity contribution in [1.82, 2.24) is 0 Å².